The molecule has 114 valence electrons. The Balaban J connectivity index is 2.23. The van der Waals surface area contributed by atoms with Crippen LogP contribution in [0, 0.1) is 0 Å². The van der Waals surface area contributed by atoms with Crippen LogP contribution in [0.1, 0.15) is 5.56 Å². The van der Waals surface area contributed by atoms with Crippen LogP contribution < -0.4 is 20.5 Å². The summed E-state index contributed by atoms with van der Waals surface area (Å²) in [6, 6.07) is 4.64. The van der Waals surface area contributed by atoms with Crippen molar-refractivity contribution in [2.45, 2.75) is 0 Å². The Morgan fingerprint density at radius 1 is 1.32 bits per heavy atom. The van der Waals surface area contributed by atoms with Crippen LogP contribution in [0.3, 0.4) is 0 Å². The number of thiocarbonyl (C=S) groups is 1. The van der Waals surface area contributed by atoms with Gasteiger partial charge < -0.3 is 14.6 Å². The predicted molar refractivity (Wildman–Crippen MR) is 81.5 cm³/mol. The third-order valence-corrected chi connectivity index (χ3v) is 3.38. The van der Waals surface area contributed by atoms with Crippen LogP contribution in [0.25, 0.3) is 6.08 Å². The first-order valence-corrected chi connectivity index (χ1v) is 7.07. The highest BCUT2D eigenvalue weighted by Crippen LogP contribution is 2.27. The Morgan fingerprint density at radius 3 is 2.50 bits per heavy atom. The molecular formula is C13H8BrN2O5S-. The van der Waals surface area contributed by atoms with Crippen molar-refractivity contribution in [3.05, 3.63) is 33.8 Å². The molecule has 0 saturated carbocycles. The van der Waals surface area contributed by atoms with E-state index in [9.17, 15) is 19.5 Å². The Kier molecular flexibility index (Phi) is 4.88. The quantitative estimate of drug-likeness (QED) is 0.412. The van der Waals surface area contributed by atoms with Gasteiger partial charge in [0.15, 0.2) is 5.11 Å². The van der Waals surface area contributed by atoms with Gasteiger partial charge in [0.25, 0.3) is 11.8 Å². The van der Waals surface area contributed by atoms with E-state index in [2.05, 4.69) is 26.6 Å². The summed E-state index contributed by atoms with van der Waals surface area (Å²) in [4.78, 5) is 33.8. The van der Waals surface area contributed by atoms with Crippen molar-refractivity contribution in [3.8, 4) is 5.75 Å². The van der Waals surface area contributed by atoms with E-state index in [0.29, 0.717) is 15.8 Å². The number of aliphatic carboxylic acids is 1. The number of halogens is 1. The summed E-state index contributed by atoms with van der Waals surface area (Å²) in [7, 11) is 0. The van der Waals surface area contributed by atoms with Crippen LogP contribution in [0.2, 0.25) is 0 Å². The Bertz CT molecular complexity index is 694. The number of amides is 2. The van der Waals surface area contributed by atoms with Crippen molar-refractivity contribution in [1.29, 1.82) is 0 Å². The third-order valence-electron chi connectivity index (χ3n) is 2.56. The zero-order valence-corrected chi connectivity index (χ0v) is 13.2. The number of carbonyl (C=O) groups excluding carboxylic acids is 3. The average molecular weight is 384 g/mol. The minimum absolute atomic E-state index is 0.0423. The van der Waals surface area contributed by atoms with E-state index in [1.165, 1.54) is 12.1 Å². The highest BCUT2D eigenvalue weighted by atomic mass is 79.9. The highest BCUT2D eigenvalue weighted by molar-refractivity contribution is 9.10. The van der Waals surface area contributed by atoms with E-state index in [1.807, 2.05) is 0 Å². The second-order valence-electron chi connectivity index (χ2n) is 4.15. The van der Waals surface area contributed by atoms with Gasteiger partial charge in [0.2, 0.25) is 0 Å². The molecule has 0 atom stereocenters. The highest BCUT2D eigenvalue weighted by Gasteiger charge is 2.25. The van der Waals surface area contributed by atoms with Crippen molar-refractivity contribution in [1.82, 2.24) is 10.6 Å². The molecule has 0 aromatic heterocycles. The van der Waals surface area contributed by atoms with Crippen LogP contribution in [0.15, 0.2) is 28.2 Å². The lowest BCUT2D eigenvalue weighted by atomic mass is 10.1. The first-order valence-electron chi connectivity index (χ1n) is 5.87. The molecule has 1 fully saturated rings. The molecule has 1 aliphatic heterocycles. The van der Waals surface area contributed by atoms with Gasteiger partial charge in [-0.25, -0.2) is 0 Å². The number of ether oxygens (including phenoxy) is 1. The lowest BCUT2D eigenvalue weighted by Crippen LogP contribution is -2.51. The molecule has 7 nitrogen and oxygen atoms in total. The number of benzene rings is 1. The fraction of sp³-hybridized carbons (Fsp3) is 0.0769. The van der Waals surface area contributed by atoms with Gasteiger partial charge in [-0.2, -0.15) is 0 Å². The number of carbonyl (C=O) groups is 3. The molecule has 9 heteroatoms. The van der Waals surface area contributed by atoms with Crippen LogP contribution in [0.4, 0.5) is 0 Å². The van der Waals surface area contributed by atoms with Gasteiger partial charge in [-0.15, -0.1) is 0 Å². The number of rotatable bonds is 4. The molecule has 0 unspecified atom stereocenters. The van der Waals surface area contributed by atoms with Gasteiger partial charge in [-0.1, -0.05) is 6.07 Å². The van der Waals surface area contributed by atoms with E-state index in [4.69, 9.17) is 17.0 Å². The summed E-state index contributed by atoms with van der Waals surface area (Å²) >= 11 is 7.91. The fourth-order valence-electron chi connectivity index (χ4n) is 1.63. The molecule has 0 aliphatic carbocycles. The summed E-state index contributed by atoms with van der Waals surface area (Å²) in [5.41, 5.74) is 0.449. The summed E-state index contributed by atoms with van der Waals surface area (Å²) in [5, 5.41) is 15.0. The molecule has 0 bridgehead atoms. The second kappa shape index (κ2) is 6.67. The van der Waals surface area contributed by atoms with Crippen LogP contribution in [0.5, 0.6) is 5.75 Å². The van der Waals surface area contributed by atoms with Gasteiger partial charge in [-0.3, -0.25) is 20.2 Å². The van der Waals surface area contributed by atoms with Crippen molar-refractivity contribution in [2.24, 2.45) is 0 Å². The number of nitrogens with one attached hydrogen (secondary N) is 2. The van der Waals surface area contributed by atoms with Crippen molar-refractivity contribution >= 4 is 57.1 Å². The van der Waals surface area contributed by atoms with Gasteiger partial charge in [-0.05, 0) is 51.9 Å². The molecule has 2 N–H and O–H groups in total. The van der Waals surface area contributed by atoms with E-state index < -0.39 is 24.4 Å². The maximum Gasteiger partial charge on any atom is 0.263 e. The number of hydrogen-bond donors (Lipinski definition) is 2. The van der Waals surface area contributed by atoms with Crippen molar-refractivity contribution < 1.29 is 24.2 Å². The predicted octanol–water partition coefficient (Wildman–Crippen LogP) is -0.508. The standard InChI is InChI=1S/C13H9BrN2O5S/c14-8-4-6(1-2-9(8)21-5-10(17)18)3-7-11(19)15-13(22)16-12(7)20/h1-4H,5H2,(H,17,18)(H2,15,16,19,20,22)/p-1. The van der Waals surface area contributed by atoms with Gasteiger partial charge in [0.1, 0.15) is 17.9 Å². The molecule has 22 heavy (non-hydrogen) atoms. The SMILES string of the molecule is O=C([O-])COc1ccc(C=C2C(=O)NC(=S)NC2=O)cc1Br. The normalized spacial score (nSPS) is 14.2. The fourth-order valence-corrected chi connectivity index (χ4v) is 2.33. The number of carboxylic acids is 1. The lowest BCUT2D eigenvalue weighted by Gasteiger charge is -2.16. The molecule has 0 spiro atoms. The minimum atomic E-state index is -1.34. The maximum absolute atomic E-state index is 11.7. The van der Waals surface area contributed by atoms with Crippen molar-refractivity contribution in [3.63, 3.8) is 0 Å². The molecule has 1 saturated heterocycles. The maximum atomic E-state index is 11.7. The summed E-state index contributed by atoms with van der Waals surface area (Å²) in [6.07, 6.45) is 1.37. The van der Waals surface area contributed by atoms with E-state index >= 15 is 0 Å². The van der Waals surface area contributed by atoms with E-state index in [0.717, 1.165) is 0 Å². The third kappa shape index (κ3) is 3.89. The van der Waals surface area contributed by atoms with Crippen molar-refractivity contribution in [2.75, 3.05) is 6.61 Å². The molecule has 2 amide bonds. The lowest BCUT2D eigenvalue weighted by molar-refractivity contribution is -0.307. The van der Waals surface area contributed by atoms with Gasteiger partial charge >= 0.3 is 0 Å². The zero-order valence-electron chi connectivity index (χ0n) is 10.8. The first-order chi connectivity index (χ1) is 10.4. The molecular weight excluding hydrogens is 376 g/mol. The molecule has 2 rings (SSSR count). The summed E-state index contributed by atoms with van der Waals surface area (Å²) < 4.78 is 5.46. The average Bonchev–Trinajstić information content (AvgIpc) is 2.41. The van der Waals surface area contributed by atoms with E-state index in [1.54, 1.807) is 12.1 Å². The molecule has 1 aliphatic rings. The Labute approximate surface area is 138 Å². The van der Waals surface area contributed by atoms with Gasteiger partial charge in [0.05, 0.1) is 10.4 Å². The summed E-state index contributed by atoms with van der Waals surface area (Å²) in [6.45, 7) is -0.582. The van der Waals surface area contributed by atoms with Crippen LogP contribution in [-0.4, -0.2) is 29.5 Å². The molecule has 0 radical (unpaired) electrons. The van der Waals surface area contributed by atoms with E-state index in [-0.39, 0.29) is 10.7 Å². The molecule has 1 aromatic rings. The van der Waals surface area contributed by atoms with Crippen LogP contribution in [-0.2, 0) is 14.4 Å². The monoisotopic (exact) mass is 383 g/mol. The largest absolute Gasteiger partial charge is 0.546 e. The molecule has 1 heterocycles. The number of carboxylic acid groups (broad SMARTS) is 1. The second-order valence-corrected chi connectivity index (χ2v) is 5.41. The summed E-state index contributed by atoms with van der Waals surface area (Å²) in [5.74, 6) is -2.24. The zero-order chi connectivity index (χ0) is 16.3. The molecule has 1 aromatic carbocycles. The first kappa shape index (κ1) is 16.1. The topological polar surface area (TPSA) is 108 Å². The van der Waals surface area contributed by atoms with Gasteiger partial charge in [0, 0.05) is 0 Å². The van der Waals surface area contributed by atoms with Crippen LogP contribution >= 0.6 is 28.1 Å². The Hall–Kier alpha value is -2.26. The minimum Gasteiger partial charge on any atom is -0.546 e. The smallest absolute Gasteiger partial charge is 0.263 e. The number of hydrogen-bond acceptors (Lipinski definition) is 6. The Morgan fingerprint density at radius 2 is 1.95 bits per heavy atom.